The number of nitrogen functional groups attached to an aromatic ring is 1. The smallest absolute Gasteiger partial charge is 0.145 e. The van der Waals surface area contributed by atoms with E-state index in [-0.39, 0.29) is 0 Å². The zero-order valence-corrected chi connectivity index (χ0v) is 11.6. The van der Waals surface area contributed by atoms with Crippen molar-refractivity contribution in [3.63, 3.8) is 0 Å². The van der Waals surface area contributed by atoms with Crippen molar-refractivity contribution in [2.45, 2.75) is 6.92 Å². The SMILES string of the molecule is CCOc1cc(Oc2ccccc2Br)ccc1N. The number of halogens is 1. The Morgan fingerprint density at radius 3 is 2.61 bits per heavy atom. The van der Waals surface area contributed by atoms with Gasteiger partial charge in [-0.05, 0) is 47.1 Å². The third kappa shape index (κ3) is 2.96. The molecule has 0 fully saturated rings. The Bertz CT molecular complexity index is 543. The van der Waals surface area contributed by atoms with Gasteiger partial charge in [-0.1, -0.05) is 12.1 Å². The summed E-state index contributed by atoms with van der Waals surface area (Å²) in [7, 11) is 0. The molecule has 0 aliphatic carbocycles. The lowest BCUT2D eigenvalue weighted by molar-refractivity contribution is 0.340. The van der Waals surface area contributed by atoms with Gasteiger partial charge in [0.2, 0.25) is 0 Å². The predicted molar refractivity (Wildman–Crippen MR) is 76.2 cm³/mol. The van der Waals surface area contributed by atoms with E-state index < -0.39 is 0 Å². The van der Waals surface area contributed by atoms with Crippen LogP contribution in [0.25, 0.3) is 0 Å². The van der Waals surface area contributed by atoms with Gasteiger partial charge in [0, 0.05) is 6.07 Å². The van der Waals surface area contributed by atoms with Gasteiger partial charge < -0.3 is 15.2 Å². The summed E-state index contributed by atoms with van der Waals surface area (Å²) < 4.78 is 12.1. The van der Waals surface area contributed by atoms with E-state index in [4.69, 9.17) is 15.2 Å². The zero-order valence-electron chi connectivity index (χ0n) is 10.0. The molecule has 3 nitrogen and oxygen atoms in total. The lowest BCUT2D eigenvalue weighted by Gasteiger charge is -2.11. The predicted octanol–water partition coefficient (Wildman–Crippen LogP) is 4.22. The Kier molecular flexibility index (Phi) is 4.10. The van der Waals surface area contributed by atoms with Gasteiger partial charge >= 0.3 is 0 Å². The van der Waals surface area contributed by atoms with Crippen LogP contribution >= 0.6 is 15.9 Å². The van der Waals surface area contributed by atoms with E-state index in [1.165, 1.54) is 0 Å². The molecule has 94 valence electrons. The van der Waals surface area contributed by atoms with E-state index in [1.807, 2.05) is 37.3 Å². The molecule has 2 rings (SSSR count). The van der Waals surface area contributed by atoms with Crippen molar-refractivity contribution in [1.29, 1.82) is 0 Å². The number of nitrogens with two attached hydrogens (primary N) is 1. The quantitative estimate of drug-likeness (QED) is 0.860. The van der Waals surface area contributed by atoms with Gasteiger partial charge in [-0.3, -0.25) is 0 Å². The van der Waals surface area contributed by atoms with Crippen molar-refractivity contribution in [3.05, 3.63) is 46.9 Å². The molecule has 0 amide bonds. The molecule has 0 spiro atoms. The van der Waals surface area contributed by atoms with E-state index in [9.17, 15) is 0 Å². The van der Waals surface area contributed by atoms with Gasteiger partial charge in [0.1, 0.15) is 17.2 Å². The molecule has 0 saturated carbocycles. The molecule has 0 aromatic heterocycles. The fraction of sp³-hybridized carbons (Fsp3) is 0.143. The molecule has 4 heteroatoms. The maximum absolute atomic E-state index is 5.81. The number of hydrogen-bond acceptors (Lipinski definition) is 3. The Labute approximate surface area is 115 Å². The second-order valence-corrected chi connectivity index (χ2v) is 4.52. The second-order valence-electron chi connectivity index (χ2n) is 3.67. The zero-order chi connectivity index (χ0) is 13.0. The van der Waals surface area contributed by atoms with Gasteiger partial charge in [0.25, 0.3) is 0 Å². The highest BCUT2D eigenvalue weighted by molar-refractivity contribution is 9.10. The number of ether oxygens (including phenoxy) is 2. The number of benzene rings is 2. The first-order chi connectivity index (χ1) is 8.70. The van der Waals surface area contributed by atoms with Gasteiger partial charge in [-0.15, -0.1) is 0 Å². The van der Waals surface area contributed by atoms with Gasteiger partial charge in [0.15, 0.2) is 0 Å². The summed E-state index contributed by atoms with van der Waals surface area (Å²) in [5, 5.41) is 0. The summed E-state index contributed by atoms with van der Waals surface area (Å²) >= 11 is 3.44. The summed E-state index contributed by atoms with van der Waals surface area (Å²) in [5.74, 6) is 2.09. The van der Waals surface area contributed by atoms with E-state index in [0.717, 1.165) is 10.2 Å². The normalized spacial score (nSPS) is 10.1. The van der Waals surface area contributed by atoms with Crippen LogP contribution in [0.5, 0.6) is 17.2 Å². The highest BCUT2D eigenvalue weighted by atomic mass is 79.9. The third-order valence-electron chi connectivity index (χ3n) is 2.35. The van der Waals surface area contributed by atoms with Gasteiger partial charge in [0.05, 0.1) is 16.8 Å². The molecule has 0 saturated heterocycles. The molecule has 2 N–H and O–H groups in total. The molecular weight excluding hydrogens is 294 g/mol. The fourth-order valence-corrected chi connectivity index (χ4v) is 1.88. The molecule has 0 unspecified atom stereocenters. The van der Waals surface area contributed by atoms with Crippen molar-refractivity contribution in [1.82, 2.24) is 0 Å². The number of rotatable bonds is 4. The van der Waals surface area contributed by atoms with E-state index >= 15 is 0 Å². The average molecular weight is 308 g/mol. The minimum Gasteiger partial charge on any atom is -0.492 e. The third-order valence-corrected chi connectivity index (χ3v) is 3.00. The first-order valence-corrected chi connectivity index (χ1v) is 6.44. The van der Waals surface area contributed by atoms with Crippen LogP contribution in [-0.2, 0) is 0 Å². The molecule has 2 aromatic carbocycles. The van der Waals surface area contributed by atoms with Crippen LogP contribution in [-0.4, -0.2) is 6.61 Å². The fourth-order valence-electron chi connectivity index (χ4n) is 1.51. The highest BCUT2D eigenvalue weighted by Crippen LogP contribution is 2.33. The molecule has 0 heterocycles. The Morgan fingerprint density at radius 2 is 1.89 bits per heavy atom. The van der Waals surface area contributed by atoms with Crippen LogP contribution in [0.4, 0.5) is 5.69 Å². The standard InChI is InChI=1S/C14H14BrNO2/c1-2-17-14-9-10(7-8-12(14)16)18-13-6-4-3-5-11(13)15/h3-9H,2,16H2,1H3. The monoisotopic (exact) mass is 307 g/mol. The largest absolute Gasteiger partial charge is 0.492 e. The van der Waals surface area contributed by atoms with Crippen molar-refractivity contribution in [2.24, 2.45) is 0 Å². The van der Waals surface area contributed by atoms with Gasteiger partial charge in [-0.2, -0.15) is 0 Å². The summed E-state index contributed by atoms with van der Waals surface area (Å²) in [4.78, 5) is 0. The van der Waals surface area contributed by atoms with E-state index in [0.29, 0.717) is 23.8 Å². The lowest BCUT2D eigenvalue weighted by Crippen LogP contribution is -1.97. The topological polar surface area (TPSA) is 44.5 Å². The summed E-state index contributed by atoms with van der Waals surface area (Å²) in [5.41, 5.74) is 6.42. The minimum atomic E-state index is 0.572. The Morgan fingerprint density at radius 1 is 1.11 bits per heavy atom. The number of anilines is 1. The van der Waals surface area contributed by atoms with Crippen LogP contribution in [0.1, 0.15) is 6.92 Å². The van der Waals surface area contributed by atoms with Crippen LogP contribution in [0, 0.1) is 0 Å². The molecule has 2 aromatic rings. The van der Waals surface area contributed by atoms with Crippen molar-refractivity contribution >= 4 is 21.6 Å². The molecule has 0 radical (unpaired) electrons. The van der Waals surface area contributed by atoms with E-state index in [2.05, 4.69) is 15.9 Å². The Balaban J connectivity index is 2.24. The molecule has 0 atom stereocenters. The molecule has 0 bridgehead atoms. The first kappa shape index (κ1) is 12.8. The summed E-state index contributed by atoms with van der Waals surface area (Å²) in [6.07, 6.45) is 0. The highest BCUT2D eigenvalue weighted by Gasteiger charge is 2.05. The first-order valence-electron chi connectivity index (χ1n) is 5.65. The minimum absolute atomic E-state index is 0.572. The maximum Gasteiger partial charge on any atom is 0.145 e. The second kappa shape index (κ2) is 5.78. The Hall–Kier alpha value is -1.68. The summed E-state index contributed by atoms with van der Waals surface area (Å²) in [6, 6.07) is 13.1. The molecule has 0 aliphatic rings. The van der Waals surface area contributed by atoms with Crippen LogP contribution in [0.3, 0.4) is 0 Å². The average Bonchev–Trinajstić information content (AvgIpc) is 2.36. The van der Waals surface area contributed by atoms with Crippen LogP contribution in [0.2, 0.25) is 0 Å². The van der Waals surface area contributed by atoms with Crippen molar-refractivity contribution in [3.8, 4) is 17.2 Å². The number of hydrogen-bond donors (Lipinski definition) is 1. The van der Waals surface area contributed by atoms with Crippen molar-refractivity contribution < 1.29 is 9.47 Å². The van der Waals surface area contributed by atoms with Crippen LogP contribution in [0.15, 0.2) is 46.9 Å². The molecule has 18 heavy (non-hydrogen) atoms. The lowest BCUT2D eigenvalue weighted by atomic mass is 10.3. The van der Waals surface area contributed by atoms with Crippen molar-refractivity contribution in [2.75, 3.05) is 12.3 Å². The number of para-hydroxylation sites is 1. The molecular formula is C14H14BrNO2. The summed E-state index contributed by atoms with van der Waals surface area (Å²) in [6.45, 7) is 2.49. The van der Waals surface area contributed by atoms with E-state index in [1.54, 1.807) is 12.1 Å². The maximum atomic E-state index is 5.81. The van der Waals surface area contributed by atoms with Gasteiger partial charge in [-0.25, -0.2) is 0 Å². The molecule has 0 aliphatic heterocycles. The van der Waals surface area contributed by atoms with Crippen LogP contribution < -0.4 is 15.2 Å².